The Bertz CT molecular complexity index is 479. The molecule has 2 aromatic heterocycles. The molecule has 0 amide bonds. The Balaban J connectivity index is 2.06. The molecule has 17 heavy (non-hydrogen) atoms. The first kappa shape index (κ1) is 12.7. The first-order chi connectivity index (χ1) is 8.20. The zero-order valence-electron chi connectivity index (χ0n) is 9.64. The van der Waals surface area contributed by atoms with E-state index in [9.17, 15) is 0 Å². The molecular weight excluding hydrogens is 300 g/mol. The van der Waals surface area contributed by atoms with Gasteiger partial charge < -0.3 is 5.73 Å². The molecule has 0 aliphatic carbocycles. The molecule has 2 N–H and O–H groups in total. The molecule has 1 atom stereocenters. The maximum absolute atomic E-state index is 6.00. The Kier molecular flexibility index (Phi) is 4.31. The van der Waals surface area contributed by atoms with Gasteiger partial charge in [0.15, 0.2) is 0 Å². The van der Waals surface area contributed by atoms with E-state index in [1.807, 2.05) is 16.9 Å². The molecule has 6 heteroatoms. The van der Waals surface area contributed by atoms with Gasteiger partial charge in [-0.1, -0.05) is 18.6 Å². The summed E-state index contributed by atoms with van der Waals surface area (Å²) in [4.78, 5) is 1.24. The molecule has 2 aromatic rings. The molecule has 1 unspecified atom stereocenters. The Labute approximate surface area is 113 Å². The van der Waals surface area contributed by atoms with Gasteiger partial charge in [-0.25, -0.2) is 4.68 Å². The summed E-state index contributed by atoms with van der Waals surface area (Å²) in [6.07, 6.45) is 3.94. The number of nitrogens with two attached hydrogens (primary N) is 1. The van der Waals surface area contributed by atoms with Crippen molar-refractivity contribution in [3.63, 3.8) is 0 Å². The summed E-state index contributed by atoms with van der Waals surface area (Å²) in [6.45, 7) is 2.86. The lowest BCUT2D eigenvalue weighted by Crippen LogP contribution is -2.10. The summed E-state index contributed by atoms with van der Waals surface area (Å²) in [5.74, 6) is 0. The monoisotopic (exact) mass is 314 g/mol. The number of hydrogen-bond acceptors (Lipinski definition) is 4. The first-order valence-electron chi connectivity index (χ1n) is 5.58. The summed E-state index contributed by atoms with van der Waals surface area (Å²) in [5.41, 5.74) is 6.87. The standard InChI is InChI=1S/C11H15BrN4S/c1-2-3-9(13)10-6-16(15-14-10)7-11-8(12)4-5-17-11/h4-6,9H,2-3,7,13H2,1H3. The SMILES string of the molecule is CCCC(N)c1cn(Cc2sccc2Br)nn1. The van der Waals surface area contributed by atoms with Crippen molar-refractivity contribution in [2.75, 3.05) is 0 Å². The van der Waals surface area contributed by atoms with E-state index in [4.69, 9.17) is 5.73 Å². The number of aromatic nitrogens is 3. The molecule has 0 saturated carbocycles. The molecule has 0 aliphatic heterocycles. The van der Waals surface area contributed by atoms with E-state index in [-0.39, 0.29) is 6.04 Å². The number of halogens is 1. The highest BCUT2D eigenvalue weighted by molar-refractivity contribution is 9.10. The fourth-order valence-electron chi connectivity index (χ4n) is 1.60. The second-order valence-corrected chi connectivity index (χ2v) is 5.78. The van der Waals surface area contributed by atoms with Crippen LogP contribution in [0.3, 0.4) is 0 Å². The average Bonchev–Trinajstić information content (AvgIpc) is 2.90. The Hall–Kier alpha value is -0.720. The second-order valence-electron chi connectivity index (χ2n) is 3.93. The van der Waals surface area contributed by atoms with Crippen molar-refractivity contribution >= 4 is 27.3 Å². The van der Waals surface area contributed by atoms with Gasteiger partial charge >= 0.3 is 0 Å². The fraction of sp³-hybridized carbons (Fsp3) is 0.455. The van der Waals surface area contributed by atoms with Crippen molar-refractivity contribution in [2.45, 2.75) is 32.4 Å². The summed E-state index contributed by atoms with van der Waals surface area (Å²) in [6, 6.07) is 2.04. The number of nitrogens with zero attached hydrogens (tertiary/aromatic N) is 3. The van der Waals surface area contributed by atoms with Crippen LogP contribution in [0.15, 0.2) is 22.1 Å². The number of thiophene rings is 1. The first-order valence-corrected chi connectivity index (χ1v) is 7.25. The van der Waals surface area contributed by atoms with E-state index in [0.717, 1.165) is 29.6 Å². The van der Waals surface area contributed by atoms with E-state index >= 15 is 0 Å². The Morgan fingerprint density at radius 2 is 2.41 bits per heavy atom. The van der Waals surface area contributed by atoms with Crippen LogP contribution in [0.5, 0.6) is 0 Å². The van der Waals surface area contributed by atoms with Crippen LogP contribution in [0.2, 0.25) is 0 Å². The van der Waals surface area contributed by atoms with Crippen molar-refractivity contribution in [3.05, 3.63) is 32.7 Å². The van der Waals surface area contributed by atoms with Gasteiger partial charge in [-0.15, -0.1) is 16.4 Å². The molecule has 2 rings (SSSR count). The van der Waals surface area contributed by atoms with E-state index in [2.05, 4.69) is 38.5 Å². The molecule has 0 aliphatic rings. The lowest BCUT2D eigenvalue weighted by Gasteiger charge is -2.04. The van der Waals surface area contributed by atoms with Crippen LogP contribution in [-0.2, 0) is 6.54 Å². The zero-order valence-corrected chi connectivity index (χ0v) is 12.0. The lowest BCUT2D eigenvalue weighted by atomic mass is 10.1. The van der Waals surface area contributed by atoms with Crippen molar-refractivity contribution in [1.29, 1.82) is 0 Å². The molecule has 0 saturated heterocycles. The molecule has 4 nitrogen and oxygen atoms in total. The van der Waals surface area contributed by atoms with Crippen LogP contribution in [0, 0.1) is 0 Å². The average molecular weight is 315 g/mol. The third kappa shape index (κ3) is 3.14. The van der Waals surface area contributed by atoms with Gasteiger partial charge in [-0.2, -0.15) is 0 Å². The predicted octanol–water partition coefficient (Wildman–Crippen LogP) is 2.95. The van der Waals surface area contributed by atoms with Crippen LogP contribution >= 0.6 is 27.3 Å². The third-order valence-electron chi connectivity index (χ3n) is 2.53. The molecule has 0 fully saturated rings. The highest BCUT2D eigenvalue weighted by atomic mass is 79.9. The van der Waals surface area contributed by atoms with Crippen molar-refractivity contribution in [3.8, 4) is 0 Å². The lowest BCUT2D eigenvalue weighted by molar-refractivity contribution is 0.617. The maximum Gasteiger partial charge on any atom is 0.0994 e. The smallest absolute Gasteiger partial charge is 0.0994 e. The highest BCUT2D eigenvalue weighted by Gasteiger charge is 2.10. The molecule has 92 valence electrons. The van der Waals surface area contributed by atoms with Gasteiger partial charge in [0.05, 0.1) is 24.5 Å². The van der Waals surface area contributed by atoms with Crippen LogP contribution < -0.4 is 5.73 Å². The quantitative estimate of drug-likeness (QED) is 0.923. The molecule has 0 bridgehead atoms. The molecule has 2 heterocycles. The van der Waals surface area contributed by atoms with Crippen LogP contribution in [0.4, 0.5) is 0 Å². The van der Waals surface area contributed by atoms with Crippen LogP contribution in [0.25, 0.3) is 0 Å². The fourth-order valence-corrected chi connectivity index (χ4v) is 3.07. The second kappa shape index (κ2) is 5.75. The molecule has 0 aromatic carbocycles. The van der Waals surface area contributed by atoms with Crippen molar-refractivity contribution < 1.29 is 0 Å². The van der Waals surface area contributed by atoms with Gasteiger partial charge in [-0.3, -0.25) is 0 Å². The molecule has 0 radical (unpaired) electrons. The summed E-state index contributed by atoms with van der Waals surface area (Å²) in [5, 5.41) is 10.3. The zero-order chi connectivity index (χ0) is 12.3. The minimum atomic E-state index is 0.000487. The van der Waals surface area contributed by atoms with E-state index in [0.29, 0.717) is 0 Å². The highest BCUT2D eigenvalue weighted by Crippen LogP contribution is 2.23. The van der Waals surface area contributed by atoms with Crippen LogP contribution in [-0.4, -0.2) is 15.0 Å². The normalized spacial score (nSPS) is 12.9. The predicted molar refractivity (Wildman–Crippen MR) is 73.0 cm³/mol. The topological polar surface area (TPSA) is 56.7 Å². The molecule has 0 spiro atoms. The summed E-state index contributed by atoms with van der Waals surface area (Å²) in [7, 11) is 0. The van der Waals surface area contributed by atoms with Crippen LogP contribution in [0.1, 0.15) is 36.4 Å². The van der Waals surface area contributed by atoms with Gasteiger partial charge in [0, 0.05) is 9.35 Å². The van der Waals surface area contributed by atoms with Crippen molar-refractivity contribution in [1.82, 2.24) is 15.0 Å². The Morgan fingerprint density at radius 1 is 1.59 bits per heavy atom. The van der Waals surface area contributed by atoms with E-state index in [1.165, 1.54) is 4.88 Å². The minimum Gasteiger partial charge on any atom is -0.323 e. The minimum absolute atomic E-state index is 0.000487. The number of hydrogen-bond donors (Lipinski definition) is 1. The Morgan fingerprint density at radius 3 is 3.06 bits per heavy atom. The summed E-state index contributed by atoms with van der Waals surface area (Å²) < 4.78 is 2.96. The largest absolute Gasteiger partial charge is 0.323 e. The van der Waals surface area contributed by atoms with Crippen molar-refractivity contribution in [2.24, 2.45) is 5.73 Å². The third-order valence-corrected chi connectivity index (χ3v) is 4.44. The number of rotatable bonds is 5. The van der Waals surface area contributed by atoms with Gasteiger partial charge in [0.25, 0.3) is 0 Å². The van der Waals surface area contributed by atoms with Gasteiger partial charge in [0.2, 0.25) is 0 Å². The van der Waals surface area contributed by atoms with Gasteiger partial charge in [0.1, 0.15) is 0 Å². The molecular formula is C11H15BrN4S. The van der Waals surface area contributed by atoms with E-state index < -0.39 is 0 Å². The summed E-state index contributed by atoms with van der Waals surface area (Å²) >= 11 is 5.21. The maximum atomic E-state index is 6.00. The van der Waals surface area contributed by atoms with E-state index in [1.54, 1.807) is 11.3 Å². The van der Waals surface area contributed by atoms with Gasteiger partial charge in [-0.05, 0) is 33.8 Å².